The molecule has 0 aliphatic rings. The molecule has 3 N–H and O–H groups in total. The van der Waals surface area contributed by atoms with Crippen molar-refractivity contribution >= 4 is 23.4 Å². The van der Waals surface area contributed by atoms with Crippen molar-refractivity contribution in [1.82, 2.24) is 15.7 Å². The summed E-state index contributed by atoms with van der Waals surface area (Å²) in [5.41, 5.74) is 3.79. The van der Waals surface area contributed by atoms with Crippen LogP contribution in [0.15, 0.2) is 78.9 Å². The van der Waals surface area contributed by atoms with E-state index in [-0.39, 0.29) is 23.9 Å². The summed E-state index contributed by atoms with van der Waals surface area (Å²) >= 11 is 0. The van der Waals surface area contributed by atoms with E-state index in [1.54, 1.807) is 55.7 Å². The van der Waals surface area contributed by atoms with E-state index in [4.69, 9.17) is 5.21 Å². The van der Waals surface area contributed by atoms with Crippen molar-refractivity contribution in [2.75, 3.05) is 19.0 Å². The molecule has 3 aromatic rings. The fourth-order valence-electron chi connectivity index (χ4n) is 3.71. The summed E-state index contributed by atoms with van der Waals surface area (Å²) in [5.74, 6) is -1.21. The van der Waals surface area contributed by atoms with Crippen molar-refractivity contribution in [2.24, 2.45) is 0 Å². The van der Waals surface area contributed by atoms with E-state index < -0.39 is 11.4 Å². The molecular formula is C28H32N4O4. The Bertz CT molecular complexity index is 1190. The van der Waals surface area contributed by atoms with Gasteiger partial charge in [0.15, 0.2) is 0 Å². The predicted molar refractivity (Wildman–Crippen MR) is 139 cm³/mol. The third-order valence-electron chi connectivity index (χ3n) is 6.06. The first-order valence-electron chi connectivity index (χ1n) is 11.6. The maximum absolute atomic E-state index is 13.7. The first-order valence-corrected chi connectivity index (χ1v) is 11.6. The molecule has 3 aromatic carbocycles. The minimum Gasteiger partial charge on any atom is -0.378 e. The second-order valence-electron chi connectivity index (χ2n) is 9.20. The molecule has 0 bridgehead atoms. The SMILES string of the molecule is CN(C)c1ccc(C(=O)N(Cc2ccc(C(=O)NO)cc2)C(C)(C)C(=O)NCc2ccccc2)cc1. The molecule has 0 radical (unpaired) electrons. The number of carbonyl (C=O) groups excluding carboxylic acids is 3. The maximum Gasteiger partial charge on any atom is 0.274 e. The first kappa shape index (κ1) is 26.4. The van der Waals surface area contributed by atoms with Crippen LogP contribution < -0.4 is 15.7 Å². The van der Waals surface area contributed by atoms with Crippen molar-refractivity contribution in [3.8, 4) is 0 Å². The Morgan fingerprint density at radius 2 is 1.39 bits per heavy atom. The number of amides is 3. The van der Waals surface area contributed by atoms with E-state index in [1.165, 1.54) is 4.90 Å². The molecule has 8 heteroatoms. The van der Waals surface area contributed by atoms with Crippen LogP contribution in [0.25, 0.3) is 0 Å². The number of hydrogen-bond acceptors (Lipinski definition) is 5. The Kier molecular flexibility index (Phi) is 8.45. The molecule has 0 aliphatic heterocycles. The quantitative estimate of drug-likeness (QED) is 0.316. The fraction of sp³-hybridized carbons (Fsp3) is 0.250. The van der Waals surface area contributed by atoms with Crippen LogP contribution in [-0.4, -0.2) is 47.5 Å². The number of carbonyl (C=O) groups is 3. The average molecular weight is 489 g/mol. The molecular weight excluding hydrogens is 456 g/mol. The molecule has 0 saturated heterocycles. The van der Waals surface area contributed by atoms with E-state index in [0.717, 1.165) is 16.8 Å². The fourth-order valence-corrected chi connectivity index (χ4v) is 3.71. The third kappa shape index (κ3) is 6.28. The average Bonchev–Trinajstić information content (AvgIpc) is 2.90. The zero-order valence-electron chi connectivity index (χ0n) is 21.0. The van der Waals surface area contributed by atoms with Gasteiger partial charge in [-0.2, -0.15) is 0 Å². The Balaban J connectivity index is 1.89. The number of nitrogens with one attached hydrogen (secondary N) is 2. The van der Waals surface area contributed by atoms with Crippen LogP contribution in [0.4, 0.5) is 5.69 Å². The lowest BCUT2D eigenvalue weighted by molar-refractivity contribution is -0.130. The molecule has 0 spiro atoms. The lowest BCUT2D eigenvalue weighted by atomic mass is 9.97. The zero-order chi connectivity index (χ0) is 26.3. The van der Waals surface area contributed by atoms with Gasteiger partial charge in [-0.05, 0) is 61.4 Å². The highest BCUT2D eigenvalue weighted by molar-refractivity contribution is 5.99. The highest BCUT2D eigenvalue weighted by atomic mass is 16.5. The first-order chi connectivity index (χ1) is 17.1. The lowest BCUT2D eigenvalue weighted by Crippen LogP contribution is -2.56. The molecule has 3 amide bonds. The number of hydrogen-bond donors (Lipinski definition) is 3. The van der Waals surface area contributed by atoms with E-state index >= 15 is 0 Å². The molecule has 0 atom stereocenters. The Morgan fingerprint density at radius 1 is 0.806 bits per heavy atom. The van der Waals surface area contributed by atoms with Gasteiger partial charge in [-0.15, -0.1) is 0 Å². The number of benzene rings is 3. The summed E-state index contributed by atoms with van der Waals surface area (Å²) in [5, 5.41) is 11.8. The van der Waals surface area contributed by atoms with Gasteiger partial charge in [0.1, 0.15) is 5.54 Å². The zero-order valence-corrected chi connectivity index (χ0v) is 21.0. The lowest BCUT2D eigenvalue weighted by Gasteiger charge is -2.37. The van der Waals surface area contributed by atoms with Crippen molar-refractivity contribution in [1.29, 1.82) is 0 Å². The second kappa shape index (κ2) is 11.5. The minimum atomic E-state index is -1.19. The summed E-state index contributed by atoms with van der Waals surface area (Å²) in [6, 6.07) is 23.3. The molecule has 188 valence electrons. The molecule has 36 heavy (non-hydrogen) atoms. The van der Waals surface area contributed by atoms with Crippen LogP contribution in [0.3, 0.4) is 0 Å². The standard InChI is InChI=1S/C28H32N4O4/c1-28(2,27(35)29-18-20-8-6-5-7-9-20)32(19-21-10-12-22(13-11-21)25(33)30-36)26(34)23-14-16-24(17-15-23)31(3)4/h5-17,36H,18-19H2,1-4H3,(H,29,35)(H,30,33). The Morgan fingerprint density at radius 3 is 1.94 bits per heavy atom. The summed E-state index contributed by atoms with van der Waals surface area (Å²) in [6.07, 6.45) is 0. The summed E-state index contributed by atoms with van der Waals surface area (Å²) in [4.78, 5) is 42.2. The van der Waals surface area contributed by atoms with Gasteiger partial charge in [-0.1, -0.05) is 42.5 Å². The number of anilines is 1. The minimum absolute atomic E-state index is 0.140. The van der Waals surface area contributed by atoms with Crippen LogP contribution in [0.1, 0.15) is 45.7 Å². The van der Waals surface area contributed by atoms with Crippen LogP contribution in [-0.2, 0) is 17.9 Å². The summed E-state index contributed by atoms with van der Waals surface area (Å²) < 4.78 is 0. The van der Waals surface area contributed by atoms with Crippen LogP contribution in [0.2, 0.25) is 0 Å². The van der Waals surface area contributed by atoms with Gasteiger partial charge < -0.3 is 15.1 Å². The summed E-state index contributed by atoms with van der Waals surface area (Å²) in [7, 11) is 3.84. The van der Waals surface area contributed by atoms with Crippen LogP contribution >= 0.6 is 0 Å². The Labute approximate surface area is 211 Å². The topological polar surface area (TPSA) is 102 Å². The number of hydroxylamine groups is 1. The van der Waals surface area contributed by atoms with E-state index in [2.05, 4.69) is 5.32 Å². The second-order valence-corrected chi connectivity index (χ2v) is 9.20. The maximum atomic E-state index is 13.7. The normalized spacial score (nSPS) is 10.9. The largest absolute Gasteiger partial charge is 0.378 e. The van der Waals surface area contributed by atoms with Crippen molar-refractivity contribution in [3.63, 3.8) is 0 Å². The highest BCUT2D eigenvalue weighted by Crippen LogP contribution is 2.24. The molecule has 0 heterocycles. The summed E-state index contributed by atoms with van der Waals surface area (Å²) in [6.45, 7) is 3.91. The van der Waals surface area contributed by atoms with E-state index in [9.17, 15) is 14.4 Å². The molecule has 0 aliphatic carbocycles. The van der Waals surface area contributed by atoms with Crippen molar-refractivity contribution in [3.05, 3.63) is 101 Å². The van der Waals surface area contributed by atoms with E-state index in [0.29, 0.717) is 12.1 Å². The monoisotopic (exact) mass is 488 g/mol. The van der Waals surface area contributed by atoms with Gasteiger partial charge in [0.2, 0.25) is 5.91 Å². The number of rotatable bonds is 9. The smallest absolute Gasteiger partial charge is 0.274 e. The van der Waals surface area contributed by atoms with Crippen molar-refractivity contribution in [2.45, 2.75) is 32.5 Å². The van der Waals surface area contributed by atoms with Gasteiger partial charge in [-0.25, -0.2) is 5.48 Å². The van der Waals surface area contributed by atoms with E-state index in [1.807, 2.05) is 61.5 Å². The third-order valence-corrected chi connectivity index (χ3v) is 6.06. The molecule has 8 nitrogen and oxygen atoms in total. The predicted octanol–water partition coefficient (Wildman–Crippen LogP) is 3.61. The van der Waals surface area contributed by atoms with Gasteiger partial charge in [0.05, 0.1) is 0 Å². The van der Waals surface area contributed by atoms with Gasteiger partial charge >= 0.3 is 0 Å². The molecule has 0 aromatic heterocycles. The van der Waals surface area contributed by atoms with Gasteiger partial charge in [-0.3, -0.25) is 19.6 Å². The molecule has 0 saturated carbocycles. The van der Waals surface area contributed by atoms with Crippen LogP contribution in [0, 0.1) is 0 Å². The highest BCUT2D eigenvalue weighted by Gasteiger charge is 2.38. The molecule has 0 fully saturated rings. The van der Waals surface area contributed by atoms with Crippen molar-refractivity contribution < 1.29 is 19.6 Å². The molecule has 0 unspecified atom stereocenters. The van der Waals surface area contributed by atoms with Crippen LogP contribution in [0.5, 0.6) is 0 Å². The number of nitrogens with zero attached hydrogens (tertiary/aromatic N) is 2. The van der Waals surface area contributed by atoms with Gasteiger partial charge in [0, 0.05) is 44.0 Å². The molecule has 3 rings (SSSR count). The Hall–Kier alpha value is -4.17. The van der Waals surface area contributed by atoms with Gasteiger partial charge in [0.25, 0.3) is 11.8 Å².